The SMILES string of the molecule is C[N+]1(C)CCCC(OC(=O)[C@](O)(c2ccccc2)C2CCCC2)C1CCCc1ccon1. The molecule has 1 aliphatic carbocycles. The molecular weight excluding hydrogens is 404 g/mol. The van der Waals surface area contributed by atoms with E-state index in [9.17, 15) is 9.90 Å². The van der Waals surface area contributed by atoms with Crippen molar-refractivity contribution in [2.75, 3.05) is 20.6 Å². The van der Waals surface area contributed by atoms with E-state index in [4.69, 9.17) is 9.26 Å². The lowest BCUT2D eigenvalue weighted by Crippen LogP contribution is -2.60. The highest BCUT2D eigenvalue weighted by molar-refractivity contribution is 5.81. The summed E-state index contributed by atoms with van der Waals surface area (Å²) < 4.78 is 12.0. The quantitative estimate of drug-likeness (QED) is 0.490. The van der Waals surface area contributed by atoms with Gasteiger partial charge >= 0.3 is 5.97 Å². The summed E-state index contributed by atoms with van der Waals surface area (Å²) in [4.78, 5) is 13.6. The molecule has 1 aromatic carbocycles. The molecule has 6 nitrogen and oxygen atoms in total. The van der Waals surface area contributed by atoms with Crippen LogP contribution in [-0.4, -0.2) is 53.5 Å². The number of benzene rings is 1. The van der Waals surface area contributed by atoms with Gasteiger partial charge in [0.2, 0.25) is 0 Å². The third-order valence-corrected chi connectivity index (χ3v) is 7.70. The Morgan fingerprint density at radius 3 is 2.59 bits per heavy atom. The fourth-order valence-electron chi connectivity index (χ4n) is 5.82. The van der Waals surface area contributed by atoms with Gasteiger partial charge in [-0.25, -0.2) is 4.79 Å². The topological polar surface area (TPSA) is 72.6 Å². The number of quaternary nitrogens is 1. The highest BCUT2D eigenvalue weighted by Gasteiger charge is 2.50. The Hall–Kier alpha value is -2.18. The molecule has 2 unspecified atom stereocenters. The second kappa shape index (κ2) is 9.75. The monoisotopic (exact) mass is 441 g/mol. The maximum atomic E-state index is 13.6. The molecule has 0 spiro atoms. The number of nitrogens with zero attached hydrogens (tertiary/aromatic N) is 2. The molecule has 1 N–H and O–H groups in total. The molecule has 0 bridgehead atoms. The number of likely N-dealkylation sites (N-methyl/N-ethyl adjacent to an activating group) is 1. The third kappa shape index (κ3) is 4.76. The van der Waals surface area contributed by atoms with Crippen LogP contribution in [0.2, 0.25) is 0 Å². The number of carbonyl (C=O) groups excluding carboxylic acids is 1. The molecule has 6 heteroatoms. The summed E-state index contributed by atoms with van der Waals surface area (Å²) in [7, 11) is 4.45. The Balaban J connectivity index is 1.51. The molecule has 0 radical (unpaired) electrons. The Morgan fingerprint density at radius 1 is 1.16 bits per heavy atom. The molecule has 2 aliphatic rings. The van der Waals surface area contributed by atoms with Crippen LogP contribution in [0.15, 0.2) is 47.2 Å². The number of carbonyl (C=O) groups is 1. The van der Waals surface area contributed by atoms with Gasteiger partial charge in [-0.05, 0) is 37.7 Å². The first-order valence-electron chi connectivity index (χ1n) is 12.1. The molecule has 1 aliphatic heterocycles. The van der Waals surface area contributed by atoms with Crippen LogP contribution < -0.4 is 0 Å². The minimum atomic E-state index is -1.57. The first-order valence-corrected chi connectivity index (χ1v) is 12.1. The molecular formula is C26H37N2O4+. The van der Waals surface area contributed by atoms with E-state index in [1.165, 1.54) is 0 Å². The molecule has 0 amide bonds. The normalized spacial score (nSPS) is 25.3. The first kappa shape index (κ1) is 23.0. The smallest absolute Gasteiger partial charge is 0.343 e. The third-order valence-electron chi connectivity index (χ3n) is 7.70. The molecule has 1 saturated carbocycles. The van der Waals surface area contributed by atoms with E-state index in [2.05, 4.69) is 19.3 Å². The van der Waals surface area contributed by atoms with Crippen molar-refractivity contribution in [1.82, 2.24) is 5.16 Å². The van der Waals surface area contributed by atoms with Crippen molar-refractivity contribution in [3.63, 3.8) is 0 Å². The van der Waals surface area contributed by atoms with Gasteiger partial charge in [-0.15, -0.1) is 0 Å². The van der Waals surface area contributed by atoms with Gasteiger partial charge in [0.15, 0.2) is 11.7 Å². The number of aryl methyl sites for hydroxylation is 1. The Kier molecular flexibility index (Phi) is 7.01. The number of piperidine rings is 1. The van der Waals surface area contributed by atoms with Gasteiger partial charge in [0.05, 0.1) is 26.3 Å². The molecule has 3 atom stereocenters. The second-order valence-corrected chi connectivity index (χ2v) is 10.2. The van der Waals surface area contributed by atoms with Crippen molar-refractivity contribution in [1.29, 1.82) is 0 Å². The van der Waals surface area contributed by atoms with Crippen molar-refractivity contribution < 1.29 is 23.6 Å². The molecule has 2 fully saturated rings. The number of hydrogen-bond acceptors (Lipinski definition) is 5. The van der Waals surface area contributed by atoms with Crippen molar-refractivity contribution in [3.05, 3.63) is 53.9 Å². The van der Waals surface area contributed by atoms with Crippen LogP contribution in [0.3, 0.4) is 0 Å². The van der Waals surface area contributed by atoms with Crippen LogP contribution in [0.5, 0.6) is 0 Å². The minimum Gasteiger partial charge on any atom is -0.454 e. The van der Waals surface area contributed by atoms with Crippen molar-refractivity contribution >= 4 is 5.97 Å². The molecule has 2 aromatic rings. The van der Waals surface area contributed by atoms with Gasteiger partial charge in [-0.1, -0.05) is 48.3 Å². The average Bonchev–Trinajstić information content (AvgIpc) is 3.50. The number of aromatic nitrogens is 1. The van der Waals surface area contributed by atoms with Gasteiger partial charge in [0, 0.05) is 24.8 Å². The fourth-order valence-corrected chi connectivity index (χ4v) is 5.82. The van der Waals surface area contributed by atoms with Gasteiger partial charge in [0.1, 0.15) is 12.3 Å². The van der Waals surface area contributed by atoms with Crippen molar-refractivity contribution in [2.24, 2.45) is 5.92 Å². The molecule has 1 aromatic heterocycles. The summed E-state index contributed by atoms with van der Waals surface area (Å²) in [5, 5.41) is 15.8. The first-order chi connectivity index (χ1) is 15.4. The van der Waals surface area contributed by atoms with Crippen molar-refractivity contribution in [2.45, 2.75) is 75.5 Å². The van der Waals surface area contributed by atoms with E-state index < -0.39 is 11.6 Å². The Morgan fingerprint density at radius 2 is 1.91 bits per heavy atom. The van der Waals surface area contributed by atoms with Crippen LogP contribution in [0.1, 0.15) is 62.6 Å². The molecule has 4 rings (SSSR count). The number of esters is 1. The Bertz CT molecular complexity index is 861. The van der Waals surface area contributed by atoms with E-state index in [0.29, 0.717) is 5.56 Å². The van der Waals surface area contributed by atoms with Gasteiger partial charge in [-0.2, -0.15) is 0 Å². The van der Waals surface area contributed by atoms with E-state index in [1.54, 1.807) is 6.26 Å². The summed E-state index contributed by atoms with van der Waals surface area (Å²) in [6.45, 7) is 1.06. The largest absolute Gasteiger partial charge is 0.454 e. The van der Waals surface area contributed by atoms with E-state index in [0.717, 1.165) is 74.5 Å². The average molecular weight is 442 g/mol. The number of rotatable bonds is 8. The fraction of sp³-hybridized carbons (Fsp3) is 0.615. The zero-order valence-corrected chi connectivity index (χ0v) is 19.4. The van der Waals surface area contributed by atoms with Crippen LogP contribution in [0.25, 0.3) is 0 Å². The summed E-state index contributed by atoms with van der Waals surface area (Å²) in [6.07, 6.45) is 9.81. The van der Waals surface area contributed by atoms with Crippen LogP contribution in [-0.2, 0) is 21.6 Å². The maximum absolute atomic E-state index is 13.6. The van der Waals surface area contributed by atoms with Gasteiger partial charge < -0.3 is 18.8 Å². The predicted octanol–water partition coefficient (Wildman–Crippen LogP) is 4.23. The summed E-state index contributed by atoms with van der Waals surface area (Å²) in [6, 6.07) is 11.5. The number of aliphatic hydroxyl groups is 1. The standard InChI is InChI=1S/C26H37N2O4/c1-28(2)18-9-16-24(23(28)15-8-14-22-17-19-31-27-22)32-25(29)26(30,21-12-6-7-13-21)20-10-4-3-5-11-20/h3-5,10-11,17,19,21,23-24,30H,6-9,12-16,18H2,1-2H3/q+1/t23?,24?,26-/m0/s1. The zero-order valence-electron chi connectivity index (χ0n) is 19.4. The molecule has 174 valence electrons. The van der Waals surface area contributed by atoms with E-state index >= 15 is 0 Å². The molecule has 2 heterocycles. The highest BCUT2D eigenvalue weighted by atomic mass is 16.6. The number of hydrogen-bond donors (Lipinski definition) is 1. The van der Waals surface area contributed by atoms with E-state index in [-0.39, 0.29) is 18.1 Å². The predicted molar refractivity (Wildman–Crippen MR) is 122 cm³/mol. The highest BCUT2D eigenvalue weighted by Crippen LogP contribution is 2.42. The van der Waals surface area contributed by atoms with Gasteiger partial charge in [-0.3, -0.25) is 0 Å². The van der Waals surface area contributed by atoms with Gasteiger partial charge in [0.25, 0.3) is 0 Å². The molecule has 32 heavy (non-hydrogen) atoms. The van der Waals surface area contributed by atoms with Crippen LogP contribution in [0, 0.1) is 5.92 Å². The molecule has 1 saturated heterocycles. The van der Waals surface area contributed by atoms with E-state index in [1.807, 2.05) is 36.4 Å². The summed E-state index contributed by atoms with van der Waals surface area (Å²) >= 11 is 0. The minimum absolute atomic E-state index is 0.0888. The number of ether oxygens (including phenoxy) is 1. The lowest BCUT2D eigenvalue weighted by Gasteiger charge is -2.46. The second-order valence-electron chi connectivity index (χ2n) is 10.2. The summed E-state index contributed by atoms with van der Waals surface area (Å²) in [5.74, 6) is -0.557. The van der Waals surface area contributed by atoms with Crippen molar-refractivity contribution in [3.8, 4) is 0 Å². The zero-order chi connectivity index (χ0) is 22.6. The van der Waals surface area contributed by atoms with Crippen LogP contribution in [0.4, 0.5) is 0 Å². The number of likely N-dealkylation sites (tertiary alicyclic amines) is 1. The Labute approximate surface area is 191 Å². The summed E-state index contributed by atoms with van der Waals surface area (Å²) in [5.41, 5.74) is 0.0424. The lowest BCUT2D eigenvalue weighted by atomic mass is 9.80. The van der Waals surface area contributed by atoms with Crippen LogP contribution >= 0.6 is 0 Å². The maximum Gasteiger partial charge on any atom is 0.343 e. The lowest BCUT2D eigenvalue weighted by molar-refractivity contribution is -0.924.